The summed E-state index contributed by atoms with van der Waals surface area (Å²) in [4.78, 5) is 35.6. The highest BCUT2D eigenvalue weighted by Crippen LogP contribution is 2.43. The molecule has 0 saturated heterocycles. The van der Waals surface area contributed by atoms with E-state index in [0.29, 0.717) is 23.9 Å². The van der Waals surface area contributed by atoms with E-state index in [9.17, 15) is 19.0 Å². The van der Waals surface area contributed by atoms with E-state index >= 15 is 0 Å². The molecule has 0 heterocycles. The van der Waals surface area contributed by atoms with E-state index in [2.05, 4.69) is 86.8 Å². The van der Waals surface area contributed by atoms with Gasteiger partial charge in [-0.3, -0.25) is 18.6 Å². The molecule has 0 fully saturated rings. The zero-order chi connectivity index (χ0) is 53.5. The molecule has 0 rings (SSSR count). The normalized spacial score (nSPS) is 13.8. The number of quaternary nitrogens is 1. The van der Waals surface area contributed by atoms with Crippen molar-refractivity contribution in [3.63, 3.8) is 0 Å². The van der Waals surface area contributed by atoms with Gasteiger partial charge in [-0.2, -0.15) is 0 Å². The number of nitrogens with zero attached hydrogens (tertiary/aromatic N) is 1. The predicted octanol–water partition coefficient (Wildman–Crippen LogP) is 18.9. The number of rotatable bonds is 55. The number of phosphoric acid groups is 1. The van der Waals surface area contributed by atoms with Crippen molar-refractivity contribution in [2.24, 2.45) is 0 Å². The first-order valence-electron chi connectivity index (χ1n) is 30.2. The molecule has 0 aliphatic carbocycles. The number of unbranched alkanes of at least 4 members (excludes halogenated alkanes) is 29. The molecule has 0 aliphatic heterocycles. The number of hydrogen-bond donors (Lipinski definition) is 1. The van der Waals surface area contributed by atoms with E-state index in [0.717, 1.165) is 70.6 Å². The highest BCUT2D eigenvalue weighted by atomic mass is 31.2. The van der Waals surface area contributed by atoms with Crippen molar-refractivity contribution < 1.29 is 42.1 Å². The lowest BCUT2D eigenvalue weighted by atomic mass is 10.0. The average molecular weight is 1050 g/mol. The van der Waals surface area contributed by atoms with Gasteiger partial charge in [0, 0.05) is 12.8 Å². The maximum Gasteiger partial charge on any atom is 0.472 e. The van der Waals surface area contributed by atoms with Crippen LogP contribution in [-0.4, -0.2) is 74.9 Å². The first-order chi connectivity index (χ1) is 35.5. The number of hydrogen-bond acceptors (Lipinski definition) is 7. The van der Waals surface area contributed by atoms with Gasteiger partial charge >= 0.3 is 19.8 Å². The Bertz CT molecular complexity index is 1460. The Labute approximate surface area is 450 Å². The molecular weight excluding hydrogens is 930 g/mol. The summed E-state index contributed by atoms with van der Waals surface area (Å²) in [5.41, 5.74) is 0. The summed E-state index contributed by atoms with van der Waals surface area (Å²) < 4.78 is 34.5. The molecule has 0 bridgehead atoms. The fourth-order valence-corrected chi connectivity index (χ4v) is 9.12. The van der Waals surface area contributed by atoms with E-state index in [1.807, 2.05) is 21.1 Å². The zero-order valence-electron chi connectivity index (χ0n) is 48.1. The Morgan fingerprint density at radius 1 is 0.438 bits per heavy atom. The third kappa shape index (κ3) is 58.6. The fraction of sp³-hybridized carbons (Fsp3) is 0.778. The lowest BCUT2D eigenvalue weighted by Crippen LogP contribution is -2.37. The smallest absolute Gasteiger partial charge is 0.462 e. The van der Waals surface area contributed by atoms with Crippen LogP contribution in [0.25, 0.3) is 0 Å². The first-order valence-corrected chi connectivity index (χ1v) is 31.7. The molecule has 9 nitrogen and oxygen atoms in total. The van der Waals surface area contributed by atoms with Crippen LogP contribution in [-0.2, 0) is 32.7 Å². The zero-order valence-corrected chi connectivity index (χ0v) is 49.0. The predicted molar refractivity (Wildman–Crippen MR) is 312 cm³/mol. The minimum atomic E-state index is -4.38. The monoisotopic (exact) mass is 1040 g/mol. The van der Waals surface area contributed by atoms with Gasteiger partial charge in [0.2, 0.25) is 0 Å². The SMILES string of the molecule is CC/C=C\C/C=C\C/C=C\C/C=C\C/C=C\C/C=C\CCCCCCCCCCCCCCCCCCCCC(=O)OC(COC(=O)CCCCCCCCCCCCCC)COP(=O)(O)OCC[N+](C)(C)C. The quantitative estimate of drug-likeness (QED) is 0.0211. The van der Waals surface area contributed by atoms with Crippen LogP contribution in [0.1, 0.15) is 264 Å². The summed E-state index contributed by atoms with van der Waals surface area (Å²) in [6, 6.07) is 0. The largest absolute Gasteiger partial charge is 0.472 e. The molecule has 0 aromatic heterocycles. The lowest BCUT2D eigenvalue weighted by Gasteiger charge is -2.24. The summed E-state index contributed by atoms with van der Waals surface area (Å²) in [6.45, 7) is 4.33. The van der Waals surface area contributed by atoms with Crippen LogP contribution >= 0.6 is 7.82 Å². The van der Waals surface area contributed by atoms with Gasteiger partial charge in [0.05, 0.1) is 27.7 Å². The number of esters is 2. The van der Waals surface area contributed by atoms with Crippen molar-refractivity contribution in [1.82, 2.24) is 0 Å². The lowest BCUT2D eigenvalue weighted by molar-refractivity contribution is -0.870. The minimum absolute atomic E-state index is 0.0326. The number of allylic oxidation sites excluding steroid dienone is 12. The summed E-state index contributed by atoms with van der Waals surface area (Å²) in [5, 5.41) is 0. The van der Waals surface area contributed by atoms with Gasteiger partial charge in [-0.15, -0.1) is 0 Å². The molecule has 2 unspecified atom stereocenters. The Hall–Kier alpha value is -2.55. The highest BCUT2D eigenvalue weighted by molar-refractivity contribution is 7.47. The van der Waals surface area contributed by atoms with Crippen molar-refractivity contribution >= 4 is 19.8 Å². The topological polar surface area (TPSA) is 108 Å². The number of carbonyl (C=O) groups excluding carboxylic acids is 2. The van der Waals surface area contributed by atoms with Gasteiger partial charge in [0.25, 0.3) is 0 Å². The van der Waals surface area contributed by atoms with Crippen molar-refractivity contribution in [3.05, 3.63) is 72.9 Å². The summed E-state index contributed by atoms with van der Waals surface area (Å²) in [7, 11) is 1.48. The molecule has 0 aromatic carbocycles. The molecule has 0 aliphatic rings. The number of phosphoric ester groups is 1. The van der Waals surface area contributed by atoms with Crippen LogP contribution in [0.3, 0.4) is 0 Å². The van der Waals surface area contributed by atoms with E-state index in [1.54, 1.807) is 0 Å². The van der Waals surface area contributed by atoms with Gasteiger partial charge in [-0.05, 0) is 64.2 Å². The molecular formula is C63H115NO8P+. The van der Waals surface area contributed by atoms with Crippen LogP contribution < -0.4 is 0 Å². The van der Waals surface area contributed by atoms with E-state index in [4.69, 9.17) is 18.5 Å². The second kappa shape index (κ2) is 54.2. The number of likely N-dealkylation sites (N-methyl/N-ethyl adjacent to an activating group) is 1. The third-order valence-electron chi connectivity index (χ3n) is 13.0. The van der Waals surface area contributed by atoms with E-state index in [1.165, 1.54) is 161 Å². The molecule has 0 amide bonds. The summed E-state index contributed by atoms with van der Waals surface area (Å²) >= 11 is 0. The molecule has 1 N–H and O–H groups in total. The molecule has 0 saturated carbocycles. The maximum absolute atomic E-state index is 12.8. The van der Waals surface area contributed by atoms with Crippen LogP contribution in [0.5, 0.6) is 0 Å². The van der Waals surface area contributed by atoms with E-state index < -0.39 is 26.5 Å². The van der Waals surface area contributed by atoms with Crippen molar-refractivity contribution in [3.8, 4) is 0 Å². The summed E-state index contributed by atoms with van der Waals surface area (Å²) in [5.74, 6) is -0.788. The van der Waals surface area contributed by atoms with Crippen LogP contribution in [0.4, 0.5) is 0 Å². The number of ether oxygens (including phenoxy) is 2. The van der Waals surface area contributed by atoms with Gasteiger partial charge < -0.3 is 18.9 Å². The van der Waals surface area contributed by atoms with Crippen molar-refractivity contribution in [2.75, 3.05) is 47.5 Å². The Balaban J connectivity index is 3.96. The van der Waals surface area contributed by atoms with Crippen LogP contribution in [0, 0.1) is 0 Å². The molecule has 2 atom stereocenters. The number of carbonyl (C=O) groups is 2. The van der Waals surface area contributed by atoms with Gasteiger partial charge in [-0.25, -0.2) is 4.57 Å². The molecule has 73 heavy (non-hydrogen) atoms. The molecule has 0 radical (unpaired) electrons. The second-order valence-electron chi connectivity index (χ2n) is 21.4. The highest BCUT2D eigenvalue weighted by Gasteiger charge is 2.27. The molecule has 0 aromatic rings. The standard InChI is InChI=1S/C63H114NO8P/c1-6-8-10-12-14-16-18-20-21-22-23-24-25-26-27-28-29-30-31-32-33-34-35-36-37-38-39-40-41-42-43-44-46-48-50-52-54-56-63(66)72-61(60-71-73(67,68)70-58-57-64(3,4)5)59-69-62(65)55-53-51-49-47-45-19-17-15-13-11-9-7-2/h8,10,14,16,20-21,23-24,26-27,29-30,61H,6-7,9,11-13,15,17-19,22,25,28,31-60H2,1-5H3/p+1/b10-8-,16-14-,21-20-,24-23-,27-26-,30-29-. The van der Waals surface area contributed by atoms with E-state index in [-0.39, 0.29) is 25.6 Å². The summed E-state index contributed by atoms with van der Waals surface area (Å²) in [6.07, 6.45) is 71.3. The second-order valence-corrected chi connectivity index (χ2v) is 22.8. The maximum atomic E-state index is 12.8. The minimum Gasteiger partial charge on any atom is -0.462 e. The Morgan fingerprint density at radius 2 is 0.781 bits per heavy atom. The van der Waals surface area contributed by atoms with Crippen molar-refractivity contribution in [1.29, 1.82) is 0 Å². The molecule has 0 spiro atoms. The first kappa shape index (κ1) is 70.5. The average Bonchev–Trinajstić information content (AvgIpc) is 3.35. The van der Waals surface area contributed by atoms with Crippen molar-refractivity contribution in [2.45, 2.75) is 270 Å². The van der Waals surface area contributed by atoms with Gasteiger partial charge in [-0.1, -0.05) is 260 Å². The Morgan fingerprint density at radius 3 is 1.16 bits per heavy atom. The fourth-order valence-electron chi connectivity index (χ4n) is 8.37. The molecule has 10 heteroatoms. The Kier molecular flexibility index (Phi) is 52.4. The third-order valence-corrected chi connectivity index (χ3v) is 14.0. The van der Waals surface area contributed by atoms with Crippen LogP contribution in [0.2, 0.25) is 0 Å². The van der Waals surface area contributed by atoms with Gasteiger partial charge in [0.1, 0.15) is 19.8 Å². The van der Waals surface area contributed by atoms with Crippen LogP contribution in [0.15, 0.2) is 72.9 Å². The molecule has 424 valence electrons. The van der Waals surface area contributed by atoms with Gasteiger partial charge in [0.15, 0.2) is 6.10 Å².